The van der Waals surface area contributed by atoms with Crippen molar-refractivity contribution in [3.8, 4) is 0 Å². The molecule has 0 amide bonds. The second-order valence-corrected chi connectivity index (χ2v) is 5.24. The van der Waals surface area contributed by atoms with Gasteiger partial charge in [-0.05, 0) is 33.4 Å². The number of aromatic nitrogens is 2. The third-order valence-corrected chi connectivity index (χ3v) is 3.33. The Bertz CT molecular complexity index is 477. The highest BCUT2D eigenvalue weighted by molar-refractivity contribution is 5.44. The molecule has 0 radical (unpaired) electrons. The number of piperidine rings is 1. The van der Waals surface area contributed by atoms with Crippen molar-refractivity contribution in [3.05, 3.63) is 11.8 Å². The molecule has 1 saturated heterocycles. The van der Waals surface area contributed by atoms with Gasteiger partial charge in [-0.15, -0.1) is 0 Å². The second kappa shape index (κ2) is 6.46. The average Bonchev–Trinajstić information content (AvgIpc) is 2.37. The van der Waals surface area contributed by atoms with Crippen molar-refractivity contribution in [1.29, 1.82) is 0 Å². The van der Waals surface area contributed by atoms with Crippen LogP contribution < -0.4 is 10.6 Å². The Balaban J connectivity index is 2.19. The third-order valence-electron chi connectivity index (χ3n) is 3.33. The lowest BCUT2D eigenvalue weighted by molar-refractivity contribution is -0.141. The molecule has 0 saturated carbocycles. The maximum absolute atomic E-state index is 12.9. The minimum absolute atomic E-state index is 0.000936. The molecule has 1 atom stereocenters. The molecule has 1 aromatic rings. The number of alkyl halides is 3. The lowest BCUT2D eigenvalue weighted by atomic mass is 10.1. The van der Waals surface area contributed by atoms with Crippen LogP contribution in [0.25, 0.3) is 0 Å². The molecule has 1 aliphatic heterocycles. The summed E-state index contributed by atoms with van der Waals surface area (Å²) in [5.74, 6) is 0.215. The fourth-order valence-corrected chi connectivity index (χ4v) is 2.40. The van der Waals surface area contributed by atoms with Crippen LogP contribution in [0, 0.1) is 0 Å². The van der Waals surface area contributed by atoms with Crippen LogP contribution in [0.1, 0.15) is 25.5 Å². The zero-order chi connectivity index (χ0) is 15.5. The van der Waals surface area contributed by atoms with Crippen molar-refractivity contribution >= 4 is 11.8 Å². The van der Waals surface area contributed by atoms with Gasteiger partial charge in [0.05, 0.1) is 0 Å². The number of halogens is 3. The summed E-state index contributed by atoms with van der Waals surface area (Å²) in [6.07, 6.45) is -2.54. The SMILES string of the molecule is CCNc1nc(NC2CCCN(C)C2)cc(C(F)(F)F)n1. The van der Waals surface area contributed by atoms with E-state index in [1.807, 2.05) is 7.05 Å². The van der Waals surface area contributed by atoms with E-state index in [4.69, 9.17) is 0 Å². The lowest BCUT2D eigenvalue weighted by Gasteiger charge is -2.30. The van der Waals surface area contributed by atoms with Crippen LogP contribution in [-0.4, -0.2) is 47.6 Å². The average molecular weight is 303 g/mol. The van der Waals surface area contributed by atoms with E-state index in [1.54, 1.807) is 6.92 Å². The minimum Gasteiger partial charge on any atom is -0.366 e. The number of nitrogens with zero attached hydrogens (tertiary/aromatic N) is 3. The Hall–Kier alpha value is -1.57. The van der Waals surface area contributed by atoms with Crippen LogP contribution in [-0.2, 0) is 6.18 Å². The van der Waals surface area contributed by atoms with Gasteiger partial charge in [0.25, 0.3) is 0 Å². The first-order valence-corrected chi connectivity index (χ1v) is 7.03. The Morgan fingerprint density at radius 3 is 2.76 bits per heavy atom. The van der Waals surface area contributed by atoms with E-state index < -0.39 is 11.9 Å². The number of anilines is 2. The number of hydrogen-bond acceptors (Lipinski definition) is 5. The number of hydrogen-bond donors (Lipinski definition) is 2. The van der Waals surface area contributed by atoms with Crippen LogP contribution in [0.4, 0.5) is 24.9 Å². The summed E-state index contributed by atoms with van der Waals surface area (Å²) in [5.41, 5.74) is -0.930. The second-order valence-electron chi connectivity index (χ2n) is 5.24. The molecule has 1 unspecified atom stereocenters. The van der Waals surface area contributed by atoms with Gasteiger partial charge in [0, 0.05) is 25.2 Å². The molecule has 118 valence electrons. The maximum atomic E-state index is 12.9. The quantitative estimate of drug-likeness (QED) is 0.895. The Morgan fingerprint density at radius 2 is 2.14 bits per heavy atom. The highest BCUT2D eigenvalue weighted by Gasteiger charge is 2.34. The smallest absolute Gasteiger partial charge is 0.366 e. The molecule has 5 nitrogen and oxygen atoms in total. The van der Waals surface area contributed by atoms with Crippen LogP contribution in [0.5, 0.6) is 0 Å². The van der Waals surface area contributed by atoms with Crippen molar-refractivity contribution in [2.45, 2.75) is 32.0 Å². The van der Waals surface area contributed by atoms with Gasteiger partial charge in [0.1, 0.15) is 5.82 Å². The molecule has 21 heavy (non-hydrogen) atoms. The van der Waals surface area contributed by atoms with Gasteiger partial charge >= 0.3 is 6.18 Å². The van der Waals surface area contributed by atoms with E-state index >= 15 is 0 Å². The molecular formula is C13H20F3N5. The minimum atomic E-state index is -4.48. The van der Waals surface area contributed by atoms with Crippen LogP contribution >= 0.6 is 0 Å². The fourth-order valence-electron chi connectivity index (χ4n) is 2.40. The topological polar surface area (TPSA) is 53.1 Å². The lowest BCUT2D eigenvalue weighted by Crippen LogP contribution is -2.40. The molecule has 1 fully saturated rings. The van der Waals surface area contributed by atoms with Crippen molar-refractivity contribution < 1.29 is 13.2 Å². The van der Waals surface area contributed by atoms with Crippen molar-refractivity contribution in [2.24, 2.45) is 0 Å². The predicted octanol–water partition coefficient (Wildman–Crippen LogP) is 2.43. The van der Waals surface area contributed by atoms with E-state index in [2.05, 4.69) is 25.5 Å². The van der Waals surface area contributed by atoms with Gasteiger partial charge in [-0.2, -0.15) is 18.2 Å². The molecule has 1 aromatic heterocycles. The number of nitrogens with one attached hydrogen (secondary N) is 2. The molecule has 2 heterocycles. The normalized spacial score (nSPS) is 20.3. The summed E-state index contributed by atoms with van der Waals surface area (Å²) in [6.45, 7) is 4.06. The number of likely N-dealkylation sites (N-methyl/N-ethyl adjacent to an activating group) is 1. The third kappa shape index (κ3) is 4.45. The zero-order valence-electron chi connectivity index (χ0n) is 12.2. The standard InChI is InChI=1S/C13H20F3N5/c1-3-17-12-19-10(13(14,15)16)7-11(20-12)18-9-5-4-6-21(2)8-9/h7,9H,3-6,8H2,1-2H3,(H2,17,18,19,20). The van der Waals surface area contributed by atoms with Gasteiger partial charge in [0.2, 0.25) is 5.95 Å². The van der Waals surface area contributed by atoms with Gasteiger partial charge in [-0.1, -0.05) is 0 Å². The Kier molecular flexibility index (Phi) is 4.87. The van der Waals surface area contributed by atoms with Crippen LogP contribution in [0.2, 0.25) is 0 Å². The molecular weight excluding hydrogens is 283 g/mol. The molecule has 0 spiro atoms. The van der Waals surface area contributed by atoms with Crippen LogP contribution in [0.15, 0.2) is 6.07 Å². The molecule has 2 rings (SSSR count). The van der Waals surface area contributed by atoms with Gasteiger partial charge < -0.3 is 15.5 Å². The summed E-state index contributed by atoms with van der Waals surface area (Å²) in [5, 5.41) is 5.82. The van der Waals surface area contributed by atoms with Crippen molar-refractivity contribution in [2.75, 3.05) is 37.3 Å². The first kappa shape index (κ1) is 15.8. The van der Waals surface area contributed by atoms with Gasteiger partial charge in [-0.3, -0.25) is 0 Å². The number of rotatable bonds is 4. The monoisotopic (exact) mass is 303 g/mol. The summed E-state index contributed by atoms with van der Waals surface area (Å²) in [6, 6.07) is 1.07. The first-order chi connectivity index (χ1) is 9.88. The Morgan fingerprint density at radius 1 is 1.38 bits per heavy atom. The highest BCUT2D eigenvalue weighted by atomic mass is 19.4. The molecule has 2 N–H and O–H groups in total. The molecule has 0 aliphatic carbocycles. The van der Waals surface area contributed by atoms with E-state index in [-0.39, 0.29) is 17.8 Å². The summed E-state index contributed by atoms with van der Waals surface area (Å²) < 4.78 is 38.6. The van der Waals surface area contributed by atoms with Gasteiger partial charge in [0.15, 0.2) is 5.69 Å². The number of likely N-dealkylation sites (tertiary alicyclic amines) is 1. The first-order valence-electron chi connectivity index (χ1n) is 7.03. The molecule has 8 heteroatoms. The summed E-state index contributed by atoms with van der Waals surface area (Å²) >= 11 is 0. The predicted molar refractivity (Wildman–Crippen MR) is 75.3 cm³/mol. The zero-order valence-corrected chi connectivity index (χ0v) is 12.2. The Labute approximate surface area is 122 Å². The highest BCUT2D eigenvalue weighted by Crippen LogP contribution is 2.30. The maximum Gasteiger partial charge on any atom is 0.433 e. The van der Waals surface area contributed by atoms with Crippen molar-refractivity contribution in [1.82, 2.24) is 14.9 Å². The summed E-state index contributed by atoms with van der Waals surface area (Å²) in [4.78, 5) is 9.76. The van der Waals surface area contributed by atoms with Crippen molar-refractivity contribution in [3.63, 3.8) is 0 Å². The molecule has 0 bridgehead atoms. The largest absolute Gasteiger partial charge is 0.433 e. The van der Waals surface area contributed by atoms with E-state index in [1.165, 1.54) is 0 Å². The van der Waals surface area contributed by atoms with E-state index in [9.17, 15) is 13.2 Å². The fraction of sp³-hybridized carbons (Fsp3) is 0.692. The summed E-state index contributed by atoms with van der Waals surface area (Å²) in [7, 11) is 2.00. The van der Waals surface area contributed by atoms with E-state index in [0.717, 1.165) is 32.0 Å². The molecule has 0 aromatic carbocycles. The molecule has 1 aliphatic rings. The van der Waals surface area contributed by atoms with E-state index in [0.29, 0.717) is 6.54 Å². The van der Waals surface area contributed by atoms with Gasteiger partial charge in [-0.25, -0.2) is 4.98 Å². The van der Waals surface area contributed by atoms with Crippen LogP contribution in [0.3, 0.4) is 0 Å².